The molecule has 0 aromatic heterocycles. The minimum absolute atomic E-state index is 0.119. The molecule has 0 aromatic rings. The van der Waals surface area contributed by atoms with Crippen molar-refractivity contribution in [2.24, 2.45) is 0 Å². The highest BCUT2D eigenvalue weighted by molar-refractivity contribution is 5.73. The molecule has 0 heterocycles. The average Bonchev–Trinajstić information content (AvgIpc) is 2.03. The van der Waals surface area contributed by atoms with Gasteiger partial charge in [0.1, 0.15) is 0 Å². The number of urea groups is 1. The number of hydrogen-bond acceptors (Lipinski definition) is 1. The molecule has 0 unspecified atom stereocenters. The summed E-state index contributed by atoms with van der Waals surface area (Å²) in [6.45, 7) is 2.85. The van der Waals surface area contributed by atoms with Crippen molar-refractivity contribution < 1.29 is 4.79 Å². The van der Waals surface area contributed by atoms with E-state index < -0.39 is 0 Å². The fourth-order valence-electron chi connectivity index (χ4n) is 0.855. The lowest BCUT2D eigenvalue weighted by atomic mass is 10.2. The quantitative estimate of drug-likeness (QED) is 0.581. The van der Waals surface area contributed by atoms with Crippen molar-refractivity contribution in [3.63, 3.8) is 0 Å². The second-order valence-electron chi connectivity index (χ2n) is 3.12. The van der Waals surface area contributed by atoms with Crippen LogP contribution < -0.4 is 5.32 Å². The molecule has 0 aliphatic carbocycles. The van der Waals surface area contributed by atoms with Gasteiger partial charge in [-0.3, -0.25) is 0 Å². The van der Waals surface area contributed by atoms with Gasteiger partial charge in [0.05, 0.1) is 0 Å². The number of carbonyl (C=O) groups excluding carboxylic acids is 1. The summed E-state index contributed by atoms with van der Waals surface area (Å²) in [5.74, 6) is 0. The third-order valence-corrected chi connectivity index (χ3v) is 1.64. The minimum Gasteiger partial charge on any atom is -0.329 e. The maximum absolute atomic E-state index is 10.9. The maximum atomic E-state index is 10.9. The van der Waals surface area contributed by atoms with Gasteiger partial charge in [-0.2, -0.15) is 0 Å². The Morgan fingerprint density at radius 3 is 2.42 bits per heavy atom. The Morgan fingerprint density at radius 1 is 1.25 bits per heavy atom. The summed E-state index contributed by atoms with van der Waals surface area (Å²) in [5.41, 5.74) is 0. The molecular formula is C9H19N2O. The van der Waals surface area contributed by atoms with Gasteiger partial charge in [0.25, 0.3) is 0 Å². The van der Waals surface area contributed by atoms with Gasteiger partial charge >= 0.3 is 6.03 Å². The van der Waals surface area contributed by atoms with Crippen LogP contribution in [0, 0.1) is 0 Å². The highest BCUT2D eigenvalue weighted by Crippen LogP contribution is 1.97. The Bertz CT molecular complexity index is 124. The number of rotatable bonds is 5. The molecule has 3 nitrogen and oxygen atoms in total. The summed E-state index contributed by atoms with van der Waals surface area (Å²) in [4.78, 5) is 12.4. The predicted molar refractivity (Wildman–Crippen MR) is 50.2 cm³/mol. The molecule has 0 fully saturated rings. The average molecular weight is 171 g/mol. The van der Waals surface area contributed by atoms with Crippen LogP contribution in [0.2, 0.25) is 0 Å². The first kappa shape index (κ1) is 11.3. The maximum Gasteiger partial charge on any atom is 0.338 e. The molecule has 0 spiro atoms. The number of amides is 2. The van der Waals surface area contributed by atoms with Crippen LogP contribution in [0.3, 0.4) is 0 Å². The normalized spacial score (nSPS) is 9.58. The van der Waals surface area contributed by atoms with Gasteiger partial charge in [-0.15, -0.1) is 0 Å². The fourth-order valence-corrected chi connectivity index (χ4v) is 0.855. The van der Waals surface area contributed by atoms with Crippen LogP contribution in [0.15, 0.2) is 0 Å². The molecule has 71 valence electrons. The summed E-state index contributed by atoms with van der Waals surface area (Å²) in [6.07, 6.45) is 4.68. The molecule has 0 saturated carbocycles. The second kappa shape index (κ2) is 6.95. The topological polar surface area (TPSA) is 34.4 Å². The molecular weight excluding hydrogens is 152 g/mol. The highest BCUT2D eigenvalue weighted by Gasteiger charge is 2.02. The zero-order valence-electron chi connectivity index (χ0n) is 8.34. The van der Waals surface area contributed by atoms with Crippen molar-refractivity contribution in [3.8, 4) is 0 Å². The third kappa shape index (κ3) is 6.01. The van der Waals surface area contributed by atoms with Crippen LogP contribution in [0.25, 0.3) is 0 Å². The summed E-state index contributed by atoms with van der Waals surface area (Å²) < 4.78 is 0. The van der Waals surface area contributed by atoms with Crippen LogP contribution in [-0.2, 0) is 0 Å². The Kier molecular flexibility index (Phi) is 6.53. The van der Waals surface area contributed by atoms with Gasteiger partial charge in [-0.1, -0.05) is 26.2 Å². The smallest absolute Gasteiger partial charge is 0.329 e. The molecule has 0 aromatic carbocycles. The van der Waals surface area contributed by atoms with Crippen LogP contribution in [0.4, 0.5) is 4.79 Å². The Hall–Kier alpha value is -0.730. The number of hydrogen-bond donors (Lipinski definition) is 0. The van der Waals surface area contributed by atoms with Gasteiger partial charge in [-0.05, 0) is 6.42 Å². The number of nitrogens with zero attached hydrogens (tertiary/aromatic N) is 2. The van der Waals surface area contributed by atoms with Crippen molar-refractivity contribution >= 4 is 6.03 Å². The zero-order chi connectivity index (χ0) is 9.40. The van der Waals surface area contributed by atoms with Gasteiger partial charge in [0, 0.05) is 20.6 Å². The van der Waals surface area contributed by atoms with Crippen molar-refractivity contribution in [1.29, 1.82) is 0 Å². The molecule has 0 bridgehead atoms. The lowest BCUT2D eigenvalue weighted by Gasteiger charge is -2.08. The zero-order valence-corrected chi connectivity index (χ0v) is 8.34. The second-order valence-corrected chi connectivity index (χ2v) is 3.12. The van der Waals surface area contributed by atoms with Crippen molar-refractivity contribution in [2.45, 2.75) is 32.6 Å². The van der Waals surface area contributed by atoms with Crippen LogP contribution in [0.5, 0.6) is 0 Å². The first-order valence-electron chi connectivity index (χ1n) is 4.57. The minimum atomic E-state index is -0.119. The molecule has 1 radical (unpaired) electrons. The van der Waals surface area contributed by atoms with E-state index >= 15 is 0 Å². The van der Waals surface area contributed by atoms with Gasteiger partial charge in [0.15, 0.2) is 0 Å². The van der Waals surface area contributed by atoms with Crippen molar-refractivity contribution in [1.82, 2.24) is 10.2 Å². The third-order valence-electron chi connectivity index (χ3n) is 1.64. The molecule has 12 heavy (non-hydrogen) atoms. The molecule has 0 N–H and O–H groups in total. The lowest BCUT2D eigenvalue weighted by Crippen LogP contribution is -2.29. The Balaban J connectivity index is 3.14. The summed E-state index contributed by atoms with van der Waals surface area (Å²) in [6, 6.07) is -0.119. The van der Waals surface area contributed by atoms with E-state index in [4.69, 9.17) is 0 Å². The SMILES string of the molecule is CCCCCC[N]C(=O)N(C)C. The molecule has 0 atom stereocenters. The van der Waals surface area contributed by atoms with Crippen LogP contribution >= 0.6 is 0 Å². The molecule has 0 aliphatic rings. The number of unbranched alkanes of at least 4 members (excludes halogenated alkanes) is 3. The monoisotopic (exact) mass is 171 g/mol. The van der Waals surface area contributed by atoms with Crippen molar-refractivity contribution in [3.05, 3.63) is 0 Å². The van der Waals surface area contributed by atoms with Gasteiger partial charge < -0.3 is 4.90 Å². The van der Waals surface area contributed by atoms with E-state index in [0.29, 0.717) is 6.54 Å². The Labute approximate surface area is 75.1 Å². The van der Waals surface area contributed by atoms with Crippen molar-refractivity contribution in [2.75, 3.05) is 20.6 Å². The lowest BCUT2D eigenvalue weighted by molar-refractivity contribution is 0.216. The van der Waals surface area contributed by atoms with E-state index in [1.807, 2.05) is 0 Å². The largest absolute Gasteiger partial charge is 0.338 e. The van der Waals surface area contributed by atoms with Crippen LogP contribution in [-0.4, -0.2) is 31.6 Å². The van der Waals surface area contributed by atoms with Gasteiger partial charge in [0.2, 0.25) is 0 Å². The van der Waals surface area contributed by atoms with Crippen LogP contribution in [0.1, 0.15) is 32.6 Å². The molecule has 2 amide bonds. The predicted octanol–water partition coefficient (Wildman–Crippen LogP) is 1.85. The summed E-state index contributed by atoms with van der Waals surface area (Å²) >= 11 is 0. The highest BCUT2D eigenvalue weighted by atomic mass is 16.2. The fraction of sp³-hybridized carbons (Fsp3) is 0.889. The first-order chi connectivity index (χ1) is 5.68. The first-order valence-corrected chi connectivity index (χ1v) is 4.57. The van der Waals surface area contributed by atoms with E-state index in [2.05, 4.69) is 12.2 Å². The number of carbonyl (C=O) groups is 1. The van der Waals surface area contributed by atoms with E-state index in [9.17, 15) is 4.79 Å². The Morgan fingerprint density at radius 2 is 1.92 bits per heavy atom. The van der Waals surface area contributed by atoms with E-state index in [-0.39, 0.29) is 6.03 Å². The summed E-state index contributed by atoms with van der Waals surface area (Å²) in [5, 5.41) is 3.88. The molecule has 3 heteroatoms. The van der Waals surface area contributed by atoms with E-state index in [1.54, 1.807) is 14.1 Å². The van der Waals surface area contributed by atoms with E-state index in [1.165, 1.54) is 24.2 Å². The van der Waals surface area contributed by atoms with Gasteiger partial charge in [-0.25, -0.2) is 10.1 Å². The van der Waals surface area contributed by atoms with E-state index in [0.717, 1.165) is 6.42 Å². The standard InChI is InChI=1S/C9H19N2O/c1-4-5-6-7-8-10-9(12)11(2)3/h4-8H2,1-3H3. The summed E-state index contributed by atoms with van der Waals surface area (Å²) in [7, 11) is 3.44. The molecule has 0 rings (SSSR count). The molecule has 0 saturated heterocycles. The molecule has 0 aliphatic heterocycles.